The zero-order chi connectivity index (χ0) is 39.0. The average molecular weight is 758 g/mol. The Kier molecular flexibility index (Phi) is 9.16. The second-order valence-electron chi connectivity index (χ2n) is 13.4. The van der Waals surface area contributed by atoms with Crippen LogP contribution in [0.3, 0.4) is 0 Å². The van der Waals surface area contributed by atoms with Crippen LogP contribution in [0.1, 0.15) is 30.0 Å². The molecule has 0 aliphatic heterocycles. The van der Waals surface area contributed by atoms with E-state index >= 15 is 0 Å². The van der Waals surface area contributed by atoms with Gasteiger partial charge in [0.15, 0.2) is 23.3 Å². The van der Waals surface area contributed by atoms with Crippen molar-refractivity contribution in [2.75, 3.05) is 0 Å². The number of aliphatic imine (C=N–C) groups is 1. The second kappa shape index (κ2) is 14.7. The van der Waals surface area contributed by atoms with E-state index in [1.165, 1.54) is 0 Å². The highest BCUT2D eigenvalue weighted by molar-refractivity contribution is 7.21. The van der Waals surface area contributed by atoms with Crippen molar-refractivity contribution < 1.29 is 8.83 Å². The minimum Gasteiger partial charge on any atom is -0.455 e. The number of fused-ring (bicyclic) bond motifs is 5. The topological polar surface area (TPSA) is 101 Å². The number of nitrogens with zero attached hydrogens (tertiary/aromatic N) is 4. The molecule has 9 aromatic rings. The third-order valence-electron chi connectivity index (χ3n) is 9.87. The number of furan rings is 2. The van der Waals surface area contributed by atoms with Gasteiger partial charge in [-0.25, -0.2) is 19.9 Å². The maximum absolute atomic E-state index is 9.21. The zero-order valence-electron chi connectivity index (χ0n) is 31.3. The molecule has 7 nitrogen and oxygen atoms in total. The lowest BCUT2D eigenvalue weighted by Crippen LogP contribution is -2.07. The predicted molar refractivity (Wildman–Crippen MR) is 237 cm³/mol. The van der Waals surface area contributed by atoms with Crippen molar-refractivity contribution >= 4 is 77.5 Å². The van der Waals surface area contributed by atoms with Gasteiger partial charge in [-0.05, 0) is 67.3 Å². The van der Waals surface area contributed by atoms with E-state index in [4.69, 9.17) is 28.8 Å². The molecule has 0 bridgehead atoms. The molecule has 5 aromatic carbocycles. The van der Waals surface area contributed by atoms with Crippen molar-refractivity contribution in [2.45, 2.75) is 13.8 Å². The van der Waals surface area contributed by atoms with Crippen molar-refractivity contribution in [1.29, 1.82) is 5.41 Å². The lowest BCUT2D eigenvalue weighted by atomic mass is 10.0. The van der Waals surface area contributed by atoms with Gasteiger partial charge < -0.3 is 8.83 Å². The molecule has 0 aliphatic carbocycles. The molecular weight excluding hydrogens is 723 g/mol. The minimum absolute atomic E-state index is 0.0111. The van der Waals surface area contributed by atoms with Gasteiger partial charge >= 0.3 is 0 Å². The van der Waals surface area contributed by atoms with Crippen LogP contribution in [0.4, 0.5) is 0 Å². The molecule has 0 fully saturated rings. The van der Waals surface area contributed by atoms with Gasteiger partial charge in [-0.15, -0.1) is 11.3 Å². The van der Waals surface area contributed by atoms with Gasteiger partial charge in [-0.1, -0.05) is 116 Å². The Balaban J connectivity index is 1.14. The van der Waals surface area contributed by atoms with Crippen LogP contribution in [0.15, 0.2) is 172 Å². The molecular formula is C49H35N5O2S. The Morgan fingerprint density at radius 2 is 1.44 bits per heavy atom. The number of allylic oxidation sites excluding steroid dienone is 4. The van der Waals surface area contributed by atoms with Crippen LogP contribution in [-0.4, -0.2) is 26.5 Å². The number of hydrogen-bond donors (Lipinski definition) is 1. The van der Waals surface area contributed by atoms with Gasteiger partial charge in [-0.3, -0.25) is 5.41 Å². The Bertz CT molecular complexity index is 3130. The fourth-order valence-corrected chi connectivity index (χ4v) is 8.16. The highest BCUT2D eigenvalue weighted by Gasteiger charge is 2.22. The molecule has 0 amide bonds. The van der Waals surface area contributed by atoms with Crippen LogP contribution >= 0.6 is 11.3 Å². The summed E-state index contributed by atoms with van der Waals surface area (Å²) in [6.07, 6.45) is 7.71. The molecule has 9 rings (SSSR count). The molecule has 274 valence electrons. The van der Waals surface area contributed by atoms with E-state index in [0.717, 1.165) is 59.0 Å². The van der Waals surface area contributed by atoms with Crippen LogP contribution in [0, 0.1) is 5.41 Å². The summed E-state index contributed by atoms with van der Waals surface area (Å²) in [5, 5.41) is 13.1. The molecule has 4 aromatic heterocycles. The van der Waals surface area contributed by atoms with E-state index in [1.807, 2.05) is 123 Å². The Morgan fingerprint density at radius 3 is 2.23 bits per heavy atom. The van der Waals surface area contributed by atoms with Crippen molar-refractivity contribution in [2.24, 2.45) is 4.99 Å². The molecule has 0 spiro atoms. The minimum atomic E-state index is -0.0111. The van der Waals surface area contributed by atoms with Crippen molar-refractivity contribution in [3.8, 4) is 34.2 Å². The molecule has 0 aliphatic rings. The van der Waals surface area contributed by atoms with Crippen molar-refractivity contribution in [3.05, 3.63) is 174 Å². The first kappa shape index (κ1) is 35.4. The summed E-state index contributed by atoms with van der Waals surface area (Å²) >= 11 is 1.64. The lowest BCUT2D eigenvalue weighted by molar-refractivity contribution is 0.601. The maximum Gasteiger partial charge on any atom is 0.167 e. The molecule has 57 heavy (non-hydrogen) atoms. The summed E-state index contributed by atoms with van der Waals surface area (Å²) in [5.74, 6) is 1.93. The molecule has 0 saturated heterocycles. The van der Waals surface area contributed by atoms with Crippen molar-refractivity contribution in [1.82, 2.24) is 15.0 Å². The highest BCUT2D eigenvalue weighted by atomic mass is 32.1. The van der Waals surface area contributed by atoms with E-state index in [1.54, 1.807) is 17.4 Å². The van der Waals surface area contributed by atoms with Gasteiger partial charge in [0.05, 0.1) is 21.7 Å². The van der Waals surface area contributed by atoms with Gasteiger partial charge in [0.1, 0.15) is 22.5 Å². The van der Waals surface area contributed by atoms with Crippen LogP contribution in [0.5, 0.6) is 0 Å². The molecule has 4 heterocycles. The number of aromatic nitrogens is 3. The molecule has 0 unspecified atom stereocenters. The average Bonchev–Trinajstić information content (AvgIpc) is 3.97. The van der Waals surface area contributed by atoms with Gasteiger partial charge in [0.2, 0.25) is 0 Å². The van der Waals surface area contributed by atoms with Gasteiger partial charge in [0, 0.05) is 37.5 Å². The summed E-state index contributed by atoms with van der Waals surface area (Å²) in [5.41, 5.74) is 7.14. The zero-order valence-corrected chi connectivity index (χ0v) is 32.1. The molecule has 8 heteroatoms. The Labute approximate surface area is 332 Å². The maximum atomic E-state index is 9.21. The van der Waals surface area contributed by atoms with E-state index < -0.39 is 0 Å². The van der Waals surface area contributed by atoms with Gasteiger partial charge in [-0.2, -0.15) is 0 Å². The molecule has 0 atom stereocenters. The molecule has 1 N–H and O–H groups in total. The van der Waals surface area contributed by atoms with Crippen LogP contribution in [0.2, 0.25) is 0 Å². The predicted octanol–water partition coefficient (Wildman–Crippen LogP) is 13.4. The summed E-state index contributed by atoms with van der Waals surface area (Å²) < 4.78 is 14.0. The van der Waals surface area contributed by atoms with Crippen molar-refractivity contribution in [3.63, 3.8) is 0 Å². The normalized spacial score (nSPS) is 12.4. The van der Waals surface area contributed by atoms with Crippen LogP contribution in [-0.2, 0) is 0 Å². The smallest absolute Gasteiger partial charge is 0.167 e. The largest absolute Gasteiger partial charge is 0.455 e. The van der Waals surface area contributed by atoms with E-state index in [-0.39, 0.29) is 5.84 Å². The number of nitrogens with one attached hydrogen (secondary N) is 1. The fourth-order valence-electron chi connectivity index (χ4n) is 7.09. The van der Waals surface area contributed by atoms with E-state index in [2.05, 4.69) is 43.5 Å². The number of benzene rings is 5. The standard InChI is InChI=1S/C49H35N5O2S/c1-5-16-30(6-2)43(42-28-32-19-11-14-24-41(32)57-42)51-46(50)29(4)44-34(7-3)38-27-33(25-26-40(38)55-44)48-52-47(31-17-9-8-10-18-31)53-49(54-48)37-22-15-21-36-35-20-12-13-23-39(35)56-45(36)37/h5-28,50H,3-4H2,1-2H3/b16-5-,30-6+,50-46?,51-43?. The molecule has 0 radical (unpaired) electrons. The number of hydrogen-bond acceptors (Lipinski definition) is 7. The SMILES string of the molecule is C=Cc1c(C(=C)C(=N)N=C(C(/C=C\C)=C/C)c2cc3ccccc3s2)oc2ccc(-c3nc(-c4ccccc4)nc(-c4cccc5c4oc4ccccc45)n3)cc12. The first-order chi connectivity index (χ1) is 27.9. The third-order valence-corrected chi connectivity index (χ3v) is 11.0. The number of thiophene rings is 1. The summed E-state index contributed by atoms with van der Waals surface area (Å²) in [4.78, 5) is 20.9. The first-order valence-electron chi connectivity index (χ1n) is 18.5. The summed E-state index contributed by atoms with van der Waals surface area (Å²) in [6, 6.07) is 40.1. The molecule has 0 saturated carbocycles. The Morgan fingerprint density at radius 1 is 0.719 bits per heavy atom. The quantitative estimate of drug-likeness (QED) is 0.0897. The van der Waals surface area contributed by atoms with Crippen LogP contribution in [0.25, 0.3) is 88.8 Å². The van der Waals surface area contributed by atoms with Gasteiger partial charge in [0.25, 0.3) is 0 Å². The number of rotatable bonds is 9. The third kappa shape index (κ3) is 6.42. The summed E-state index contributed by atoms with van der Waals surface area (Å²) in [7, 11) is 0. The second-order valence-corrected chi connectivity index (χ2v) is 14.5. The Hall–Kier alpha value is -7.29. The lowest BCUT2D eigenvalue weighted by Gasteiger charge is -2.09. The van der Waals surface area contributed by atoms with Crippen LogP contribution < -0.4 is 0 Å². The number of amidine groups is 1. The monoisotopic (exact) mass is 757 g/mol. The number of para-hydroxylation sites is 2. The fraction of sp³-hybridized carbons (Fsp3) is 0.0408. The first-order valence-corrected chi connectivity index (χ1v) is 19.3. The van der Waals surface area contributed by atoms with E-state index in [9.17, 15) is 5.41 Å². The highest BCUT2D eigenvalue weighted by Crippen LogP contribution is 2.38. The summed E-state index contributed by atoms with van der Waals surface area (Å²) in [6.45, 7) is 12.4. The van der Waals surface area contributed by atoms with E-state index in [0.29, 0.717) is 51.2 Å².